The standard InChI is InChI=1S/C11H20N2O2/c1-10(2,3)15-9(14)13-5-8-4-11(8,6-12)7-13/h8H,4-7,12H2,1-3H3/t8-,11+/m0/s1. The zero-order valence-electron chi connectivity index (χ0n) is 9.75. The van der Waals surface area contributed by atoms with Gasteiger partial charge in [0, 0.05) is 18.5 Å². The fourth-order valence-electron chi connectivity index (χ4n) is 2.37. The number of ether oxygens (including phenoxy) is 1. The summed E-state index contributed by atoms with van der Waals surface area (Å²) in [5, 5.41) is 0. The highest BCUT2D eigenvalue weighted by Gasteiger charge is 2.60. The Bertz CT molecular complexity index is 281. The minimum absolute atomic E-state index is 0.192. The van der Waals surface area contributed by atoms with Crippen LogP contribution in [0.1, 0.15) is 27.2 Å². The Balaban J connectivity index is 1.90. The van der Waals surface area contributed by atoms with Gasteiger partial charge in [0.05, 0.1) is 0 Å². The second-order valence-corrected chi connectivity index (χ2v) is 5.83. The predicted octanol–water partition coefficient (Wildman–Crippen LogP) is 1.20. The molecule has 86 valence electrons. The number of hydrogen-bond acceptors (Lipinski definition) is 3. The van der Waals surface area contributed by atoms with E-state index in [4.69, 9.17) is 10.5 Å². The maximum Gasteiger partial charge on any atom is 0.410 e. The van der Waals surface area contributed by atoms with E-state index in [1.807, 2.05) is 20.8 Å². The first-order valence-corrected chi connectivity index (χ1v) is 5.54. The molecule has 1 saturated heterocycles. The maximum absolute atomic E-state index is 11.7. The molecular formula is C11H20N2O2. The van der Waals surface area contributed by atoms with Crippen molar-refractivity contribution in [2.45, 2.75) is 32.8 Å². The van der Waals surface area contributed by atoms with Gasteiger partial charge in [-0.05, 0) is 39.7 Å². The highest BCUT2D eigenvalue weighted by molar-refractivity contribution is 5.69. The number of carbonyl (C=O) groups excluding carboxylic acids is 1. The van der Waals surface area contributed by atoms with Crippen LogP contribution < -0.4 is 5.73 Å². The first-order chi connectivity index (χ1) is 6.86. The van der Waals surface area contributed by atoms with E-state index in [9.17, 15) is 4.79 Å². The molecule has 1 aliphatic carbocycles. The number of carbonyl (C=O) groups is 1. The second kappa shape index (κ2) is 3.11. The van der Waals surface area contributed by atoms with E-state index in [1.54, 1.807) is 4.90 Å². The SMILES string of the molecule is CC(C)(C)OC(=O)N1C[C@@H]2C[C@@]2(CN)C1. The molecule has 2 N–H and O–H groups in total. The molecule has 1 amide bonds. The molecule has 0 bridgehead atoms. The van der Waals surface area contributed by atoms with Gasteiger partial charge in [-0.1, -0.05) is 0 Å². The minimum atomic E-state index is -0.403. The molecule has 2 fully saturated rings. The van der Waals surface area contributed by atoms with Crippen LogP contribution in [-0.4, -0.2) is 36.2 Å². The second-order valence-electron chi connectivity index (χ2n) is 5.83. The van der Waals surface area contributed by atoms with Gasteiger partial charge in [-0.3, -0.25) is 0 Å². The minimum Gasteiger partial charge on any atom is -0.444 e. The van der Waals surface area contributed by atoms with Gasteiger partial charge in [-0.2, -0.15) is 0 Å². The Kier molecular flexibility index (Phi) is 2.23. The van der Waals surface area contributed by atoms with Gasteiger partial charge in [-0.25, -0.2) is 4.79 Å². The van der Waals surface area contributed by atoms with Crippen molar-refractivity contribution in [3.8, 4) is 0 Å². The van der Waals surface area contributed by atoms with Crippen molar-refractivity contribution in [1.82, 2.24) is 4.90 Å². The molecule has 2 aliphatic rings. The molecular weight excluding hydrogens is 192 g/mol. The van der Waals surface area contributed by atoms with Gasteiger partial charge in [0.2, 0.25) is 0 Å². The van der Waals surface area contributed by atoms with Gasteiger partial charge in [0.1, 0.15) is 5.60 Å². The van der Waals surface area contributed by atoms with Crippen LogP contribution in [0.25, 0.3) is 0 Å². The summed E-state index contributed by atoms with van der Waals surface area (Å²) in [6.07, 6.45) is 0.991. The number of likely N-dealkylation sites (tertiary alicyclic amines) is 1. The lowest BCUT2D eigenvalue weighted by Gasteiger charge is -2.26. The van der Waals surface area contributed by atoms with E-state index in [-0.39, 0.29) is 11.5 Å². The summed E-state index contributed by atoms with van der Waals surface area (Å²) in [5.41, 5.74) is 5.55. The molecule has 1 aliphatic heterocycles. The smallest absolute Gasteiger partial charge is 0.410 e. The number of amides is 1. The van der Waals surface area contributed by atoms with Gasteiger partial charge in [0.25, 0.3) is 0 Å². The molecule has 15 heavy (non-hydrogen) atoms. The van der Waals surface area contributed by atoms with Crippen LogP contribution in [0.3, 0.4) is 0 Å². The molecule has 1 saturated carbocycles. The highest BCUT2D eigenvalue weighted by atomic mass is 16.6. The Morgan fingerprint density at radius 1 is 1.60 bits per heavy atom. The summed E-state index contributed by atoms with van der Waals surface area (Å²) in [6.45, 7) is 7.97. The van der Waals surface area contributed by atoms with E-state index in [1.165, 1.54) is 6.42 Å². The Morgan fingerprint density at radius 3 is 2.73 bits per heavy atom. The summed E-state index contributed by atoms with van der Waals surface area (Å²) in [6, 6.07) is 0. The molecule has 2 rings (SSSR count). The van der Waals surface area contributed by atoms with Gasteiger partial charge < -0.3 is 15.4 Å². The van der Waals surface area contributed by atoms with Crippen LogP contribution >= 0.6 is 0 Å². The van der Waals surface area contributed by atoms with Crippen molar-refractivity contribution < 1.29 is 9.53 Å². The van der Waals surface area contributed by atoms with E-state index in [0.717, 1.165) is 13.1 Å². The normalized spacial score (nSPS) is 33.9. The molecule has 4 nitrogen and oxygen atoms in total. The molecule has 1 heterocycles. The number of nitrogens with two attached hydrogens (primary N) is 1. The summed E-state index contributed by atoms with van der Waals surface area (Å²) < 4.78 is 5.33. The largest absolute Gasteiger partial charge is 0.444 e. The summed E-state index contributed by atoms with van der Waals surface area (Å²) in [4.78, 5) is 13.5. The van der Waals surface area contributed by atoms with Crippen molar-refractivity contribution >= 4 is 6.09 Å². The van der Waals surface area contributed by atoms with Crippen molar-refractivity contribution in [2.24, 2.45) is 17.1 Å². The number of rotatable bonds is 1. The Labute approximate surface area is 90.8 Å². The fraction of sp³-hybridized carbons (Fsp3) is 0.909. The molecule has 0 unspecified atom stereocenters. The summed E-state index contributed by atoms with van der Waals surface area (Å²) in [5.74, 6) is 0.620. The third kappa shape index (κ3) is 1.95. The third-order valence-corrected chi connectivity index (χ3v) is 3.36. The van der Waals surface area contributed by atoms with Crippen LogP contribution in [0.2, 0.25) is 0 Å². The lowest BCUT2D eigenvalue weighted by atomic mass is 10.1. The van der Waals surface area contributed by atoms with Crippen LogP contribution in [0, 0.1) is 11.3 Å². The average molecular weight is 212 g/mol. The van der Waals surface area contributed by atoms with Gasteiger partial charge >= 0.3 is 6.09 Å². The van der Waals surface area contributed by atoms with E-state index in [0.29, 0.717) is 12.5 Å². The Hall–Kier alpha value is -0.770. The van der Waals surface area contributed by atoms with Crippen LogP contribution in [0.4, 0.5) is 4.79 Å². The van der Waals surface area contributed by atoms with E-state index >= 15 is 0 Å². The monoisotopic (exact) mass is 212 g/mol. The number of nitrogens with zero attached hydrogens (tertiary/aromatic N) is 1. The van der Waals surface area contributed by atoms with Crippen molar-refractivity contribution in [3.63, 3.8) is 0 Å². The molecule has 4 heteroatoms. The van der Waals surface area contributed by atoms with E-state index in [2.05, 4.69) is 0 Å². The maximum atomic E-state index is 11.7. The van der Waals surface area contributed by atoms with Crippen LogP contribution in [0.15, 0.2) is 0 Å². The zero-order valence-corrected chi connectivity index (χ0v) is 9.75. The van der Waals surface area contributed by atoms with Gasteiger partial charge in [0.15, 0.2) is 0 Å². The number of fused-ring (bicyclic) bond motifs is 1. The average Bonchev–Trinajstić information content (AvgIpc) is 2.66. The van der Waals surface area contributed by atoms with Gasteiger partial charge in [-0.15, -0.1) is 0 Å². The highest BCUT2D eigenvalue weighted by Crippen LogP contribution is 2.56. The first-order valence-electron chi connectivity index (χ1n) is 5.54. The van der Waals surface area contributed by atoms with E-state index < -0.39 is 5.60 Å². The fourth-order valence-corrected chi connectivity index (χ4v) is 2.37. The number of hydrogen-bond donors (Lipinski definition) is 1. The lowest BCUT2D eigenvalue weighted by molar-refractivity contribution is 0.0263. The molecule has 0 aromatic rings. The predicted molar refractivity (Wildman–Crippen MR) is 57.4 cm³/mol. The molecule has 0 radical (unpaired) electrons. The third-order valence-electron chi connectivity index (χ3n) is 3.36. The van der Waals surface area contributed by atoms with Crippen LogP contribution in [0.5, 0.6) is 0 Å². The molecule has 0 spiro atoms. The number of piperidine rings is 1. The lowest BCUT2D eigenvalue weighted by Crippen LogP contribution is -2.38. The molecule has 2 atom stereocenters. The molecule has 0 aromatic heterocycles. The van der Waals surface area contributed by atoms with Crippen molar-refractivity contribution in [1.29, 1.82) is 0 Å². The zero-order chi connectivity index (χ0) is 11.3. The van der Waals surface area contributed by atoms with Crippen molar-refractivity contribution in [3.05, 3.63) is 0 Å². The summed E-state index contributed by atoms with van der Waals surface area (Å²) in [7, 11) is 0. The molecule has 0 aromatic carbocycles. The topological polar surface area (TPSA) is 55.6 Å². The Morgan fingerprint density at radius 2 is 2.27 bits per heavy atom. The first kappa shape index (κ1) is 10.7. The quantitative estimate of drug-likeness (QED) is 0.710. The van der Waals surface area contributed by atoms with Crippen molar-refractivity contribution in [2.75, 3.05) is 19.6 Å². The summed E-state index contributed by atoms with van der Waals surface area (Å²) >= 11 is 0. The van der Waals surface area contributed by atoms with Crippen LogP contribution in [-0.2, 0) is 4.74 Å².